The van der Waals surface area contributed by atoms with Gasteiger partial charge in [0.2, 0.25) is 0 Å². The summed E-state index contributed by atoms with van der Waals surface area (Å²) in [7, 11) is 0. The summed E-state index contributed by atoms with van der Waals surface area (Å²) < 4.78 is 4.77. The summed E-state index contributed by atoms with van der Waals surface area (Å²) in [5.41, 5.74) is 0.150. The van der Waals surface area contributed by atoms with Gasteiger partial charge in [0.15, 0.2) is 0 Å². The SMILES string of the molecule is O=C(O)c1ccc(N2C(=O)COCC2=O)cc1Cl. The van der Waals surface area contributed by atoms with Gasteiger partial charge in [0.25, 0.3) is 11.8 Å². The highest BCUT2D eigenvalue weighted by molar-refractivity contribution is 6.34. The standard InChI is InChI=1S/C11H8ClNO5/c12-8-3-6(1-2-7(8)11(16)17)13-9(14)4-18-5-10(13)15/h1-3H,4-5H2,(H,16,17). The molecule has 0 aromatic heterocycles. The molecule has 1 fully saturated rings. The molecule has 1 aromatic rings. The molecule has 1 heterocycles. The Hall–Kier alpha value is -1.92. The quantitative estimate of drug-likeness (QED) is 0.808. The summed E-state index contributed by atoms with van der Waals surface area (Å²) in [6.07, 6.45) is 0. The van der Waals surface area contributed by atoms with Gasteiger partial charge in [-0.15, -0.1) is 0 Å². The van der Waals surface area contributed by atoms with E-state index in [9.17, 15) is 14.4 Å². The number of morpholine rings is 1. The number of aromatic carboxylic acids is 1. The van der Waals surface area contributed by atoms with Gasteiger partial charge in [0.05, 0.1) is 16.3 Å². The first-order chi connectivity index (χ1) is 8.50. The Morgan fingerprint density at radius 2 is 1.89 bits per heavy atom. The third kappa shape index (κ3) is 2.20. The van der Waals surface area contributed by atoms with Crippen LogP contribution in [-0.4, -0.2) is 36.1 Å². The van der Waals surface area contributed by atoms with Gasteiger partial charge in [0.1, 0.15) is 13.2 Å². The molecule has 2 amide bonds. The Bertz CT molecular complexity index is 526. The van der Waals surface area contributed by atoms with Gasteiger partial charge in [-0.1, -0.05) is 11.6 Å². The Morgan fingerprint density at radius 3 is 2.39 bits per heavy atom. The van der Waals surface area contributed by atoms with Crippen LogP contribution in [0.2, 0.25) is 5.02 Å². The number of hydrogen-bond acceptors (Lipinski definition) is 4. The van der Waals surface area contributed by atoms with Crippen LogP contribution in [0.3, 0.4) is 0 Å². The van der Waals surface area contributed by atoms with Crippen LogP contribution in [0.1, 0.15) is 10.4 Å². The molecule has 1 N–H and O–H groups in total. The number of carbonyl (C=O) groups excluding carboxylic acids is 2. The molecule has 0 spiro atoms. The lowest BCUT2D eigenvalue weighted by Crippen LogP contribution is -2.46. The lowest BCUT2D eigenvalue weighted by molar-refractivity contribution is -0.138. The van der Waals surface area contributed by atoms with E-state index >= 15 is 0 Å². The topological polar surface area (TPSA) is 83.9 Å². The number of carboxylic acids is 1. The summed E-state index contributed by atoms with van der Waals surface area (Å²) in [6, 6.07) is 3.87. The fourth-order valence-corrected chi connectivity index (χ4v) is 1.85. The zero-order chi connectivity index (χ0) is 13.3. The first-order valence-corrected chi connectivity index (χ1v) is 5.35. The van der Waals surface area contributed by atoms with Gasteiger partial charge in [-0.05, 0) is 18.2 Å². The predicted octanol–water partition coefficient (Wildman–Crippen LogP) is 0.928. The van der Waals surface area contributed by atoms with Crippen LogP contribution >= 0.6 is 11.6 Å². The number of hydrogen-bond donors (Lipinski definition) is 1. The van der Waals surface area contributed by atoms with E-state index in [4.69, 9.17) is 21.4 Å². The normalized spacial score (nSPS) is 15.9. The summed E-state index contributed by atoms with van der Waals surface area (Å²) in [5.74, 6) is -2.19. The highest BCUT2D eigenvalue weighted by Gasteiger charge is 2.28. The number of nitrogens with zero attached hydrogens (tertiary/aromatic N) is 1. The molecule has 18 heavy (non-hydrogen) atoms. The van der Waals surface area contributed by atoms with Crippen molar-refractivity contribution in [1.29, 1.82) is 0 Å². The number of imide groups is 1. The molecule has 0 saturated carbocycles. The molecule has 1 saturated heterocycles. The van der Waals surface area contributed by atoms with E-state index in [0.29, 0.717) is 0 Å². The van der Waals surface area contributed by atoms with Crippen LogP contribution in [0.4, 0.5) is 5.69 Å². The molecule has 0 bridgehead atoms. The molecule has 0 atom stereocenters. The monoisotopic (exact) mass is 269 g/mol. The maximum atomic E-state index is 11.6. The molecule has 2 rings (SSSR count). The Balaban J connectivity index is 2.39. The number of anilines is 1. The molecule has 0 unspecified atom stereocenters. The maximum Gasteiger partial charge on any atom is 0.337 e. The van der Waals surface area contributed by atoms with Gasteiger partial charge < -0.3 is 9.84 Å². The smallest absolute Gasteiger partial charge is 0.337 e. The fourth-order valence-electron chi connectivity index (χ4n) is 1.60. The number of amides is 2. The highest BCUT2D eigenvalue weighted by atomic mass is 35.5. The first kappa shape index (κ1) is 12.5. The minimum atomic E-state index is -1.17. The van der Waals surface area contributed by atoms with Crippen molar-refractivity contribution in [3.63, 3.8) is 0 Å². The minimum absolute atomic E-state index is 0.0351. The largest absolute Gasteiger partial charge is 0.478 e. The van der Waals surface area contributed by atoms with Crippen LogP contribution in [-0.2, 0) is 14.3 Å². The minimum Gasteiger partial charge on any atom is -0.478 e. The van der Waals surface area contributed by atoms with Crippen molar-refractivity contribution in [3.8, 4) is 0 Å². The van der Waals surface area contributed by atoms with Crippen molar-refractivity contribution < 1.29 is 24.2 Å². The Labute approximate surface area is 107 Å². The number of rotatable bonds is 2. The molecular weight excluding hydrogens is 262 g/mol. The number of halogens is 1. The zero-order valence-corrected chi connectivity index (χ0v) is 9.81. The van der Waals surface area contributed by atoms with Crippen molar-refractivity contribution in [3.05, 3.63) is 28.8 Å². The number of ether oxygens (including phenoxy) is 1. The van der Waals surface area contributed by atoms with Crippen LogP contribution in [0.25, 0.3) is 0 Å². The Kier molecular flexibility index (Phi) is 3.31. The van der Waals surface area contributed by atoms with Gasteiger partial charge in [-0.3, -0.25) is 9.59 Å². The third-order valence-electron chi connectivity index (χ3n) is 2.39. The summed E-state index contributed by atoms with van der Waals surface area (Å²) in [5, 5.41) is 8.78. The lowest BCUT2D eigenvalue weighted by Gasteiger charge is -2.25. The lowest BCUT2D eigenvalue weighted by atomic mass is 10.2. The third-order valence-corrected chi connectivity index (χ3v) is 2.70. The average Bonchev–Trinajstić information content (AvgIpc) is 2.28. The molecule has 7 heteroatoms. The molecule has 6 nitrogen and oxygen atoms in total. The van der Waals surface area contributed by atoms with E-state index in [1.807, 2.05) is 0 Å². The van der Waals surface area contributed by atoms with Crippen LogP contribution in [0.5, 0.6) is 0 Å². The van der Waals surface area contributed by atoms with E-state index in [1.165, 1.54) is 18.2 Å². The fraction of sp³-hybridized carbons (Fsp3) is 0.182. The van der Waals surface area contributed by atoms with Crippen molar-refractivity contribution in [2.24, 2.45) is 0 Å². The molecule has 94 valence electrons. The molecule has 1 aliphatic rings. The maximum absolute atomic E-state index is 11.6. The predicted molar refractivity (Wildman–Crippen MR) is 61.7 cm³/mol. The zero-order valence-electron chi connectivity index (χ0n) is 9.05. The van der Waals surface area contributed by atoms with E-state index in [1.54, 1.807) is 0 Å². The number of benzene rings is 1. The van der Waals surface area contributed by atoms with Crippen LogP contribution < -0.4 is 4.90 Å². The van der Waals surface area contributed by atoms with E-state index < -0.39 is 17.8 Å². The average molecular weight is 270 g/mol. The molecule has 0 aliphatic carbocycles. The van der Waals surface area contributed by atoms with Crippen LogP contribution in [0, 0.1) is 0 Å². The van der Waals surface area contributed by atoms with E-state index in [-0.39, 0.29) is 29.5 Å². The van der Waals surface area contributed by atoms with Crippen molar-refractivity contribution >= 4 is 35.1 Å². The Morgan fingerprint density at radius 1 is 1.28 bits per heavy atom. The molecule has 0 radical (unpaired) electrons. The van der Waals surface area contributed by atoms with E-state index in [2.05, 4.69) is 0 Å². The summed E-state index contributed by atoms with van der Waals surface area (Å²) in [4.78, 5) is 34.8. The van der Waals surface area contributed by atoms with Crippen LogP contribution in [0.15, 0.2) is 18.2 Å². The summed E-state index contributed by atoms with van der Waals surface area (Å²) in [6.45, 7) is -0.381. The second-order valence-electron chi connectivity index (χ2n) is 3.58. The van der Waals surface area contributed by atoms with Gasteiger partial charge >= 0.3 is 5.97 Å². The van der Waals surface area contributed by atoms with Gasteiger partial charge in [-0.25, -0.2) is 9.69 Å². The summed E-state index contributed by atoms with van der Waals surface area (Å²) >= 11 is 5.78. The first-order valence-electron chi connectivity index (χ1n) is 4.97. The van der Waals surface area contributed by atoms with Crippen molar-refractivity contribution in [2.45, 2.75) is 0 Å². The second-order valence-corrected chi connectivity index (χ2v) is 3.99. The highest BCUT2D eigenvalue weighted by Crippen LogP contribution is 2.25. The second kappa shape index (κ2) is 4.75. The molecular formula is C11H8ClNO5. The van der Waals surface area contributed by atoms with Crippen molar-refractivity contribution in [1.82, 2.24) is 0 Å². The van der Waals surface area contributed by atoms with Gasteiger partial charge in [-0.2, -0.15) is 0 Å². The van der Waals surface area contributed by atoms with E-state index in [0.717, 1.165) is 4.90 Å². The van der Waals surface area contributed by atoms with Crippen molar-refractivity contribution in [2.75, 3.05) is 18.1 Å². The molecule has 1 aliphatic heterocycles. The number of carboxylic acid groups (broad SMARTS) is 1. The number of carbonyl (C=O) groups is 3. The molecule has 1 aromatic carbocycles. The van der Waals surface area contributed by atoms with Gasteiger partial charge in [0, 0.05) is 0 Å².